The zero-order valence-electron chi connectivity index (χ0n) is 8.27. The third-order valence-corrected chi connectivity index (χ3v) is 2.67. The molecule has 0 saturated heterocycles. The third kappa shape index (κ3) is 1.33. The van der Waals surface area contributed by atoms with E-state index >= 15 is 0 Å². The maximum absolute atomic E-state index is 3.29. The number of fused-ring (bicyclic) bond motifs is 1. The molecule has 0 saturated carbocycles. The van der Waals surface area contributed by atoms with Gasteiger partial charge in [-0.05, 0) is 17.0 Å². The van der Waals surface area contributed by atoms with Crippen LogP contribution >= 0.6 is 0 Å². The van der Waals surface area contributed by atoms with Crippen molar-refractivity contribution in [2.24, 2.45) is 0 Å². The molecular weight excluding hydrogens is 182 g/mol. The number of aromatic amines is 1. The van der Waals surface area contributed by atoms with Crippen molar-refractivity contribution in [3.63, 3.8) is 0 Å². The molecule has 72 valence electrons. The molecule has 1 heterocycles. The molecular formula is C14H11N. The van der Waals surface area contributed by atoms with Gasteiger partial charge < -0.3 is 4.98 Å². The van der Waals surface area contributed by atoms with Crippen molar-refractivity contribution in [3.05, 3.63) is 60.8 Å². The number of para-hydroxylation sites is 1. The van der Waals surface area contributed by atoms with Gasteiger partial charge in [0.05, 0.1) is 5.52 Å². The van der Waals surface area contributed by atoms with Crippen molar-refractivity contribution < 1.29 is 0 Å². The fourth-order valence-corrected chi connectivity index (χ4v) is 1.94. The molecule has 1 nitrogen and oxygen atoms in total. The molecule has 1 heteroatoms. The molecule has 0 unspecified atom stereocenters. The fourth-order valence-electron chi connectivity index (χ4n) is 1.94. The highest BCUT2D eigenvalue weighted by Crippen LogP contribution is 2.26. The van der Waals surface area contributed by atoms with E-state index in [1.807, 2.05) is 12.3 Å². The van der Waals surface area contributed by atoms with Gasteiger partial charge in [-0.3, -0.25) is 0 Å². The van der Waals surface area contributed by atoms with Crippen LogP contribution in [0.15, 0.2) is 60.8 Å². The Labute approximate surface area is 88.4 Å². The van der Waals surface area contributed by atoms with Crippen LogP contribution in [0.25, 0.3) is 22.0 Å². The third-order valence-electron chi connectivity index (χ3n) is 2.67. The number of nitrogens with one attached hydrogen (secondary N) is 1. The van der Waals surface area contributed by atoms with Crippen molar-refractivity contribution in [1.82, 2.24) is 4.98 Å². The molecule has 0 bridgehead atoms. The van der Waals surface area contributed by atoms with E-state index in [1.54, 1.807) is 0 Å². The van der Waals surface area contributed by atoms with Crippen LogP contribution in [-0.2, 0) is 0 Å². The van der Waals surface area contributed by atoms with Crippen LogP contribution in [0.1, 0.15) is 0 Å². The molecule has 0 fully saturated rings. The van der Waals surface area contributed by atoms with Gasteiger partial charge in [0.1, 0.15) is 0 Å². The first-order valence-corrected chi connectivity index (χ1v) is 5.07. The van der Waals surface area contributed by atoms with Gasteiger partial charge in [-0.15, -0.1) is 0 Å². The van der Waals surface area contributed by atoms with Crippen LogP contribution in [0.5, 0.6) is 0 Å². The van der Waals surface area contributed by atoms with E-state index < -0.39 is 0 Å². The summed E-state index contributed by atoms with van der Waals surface area (Å²) in [5, 5.41) is 1.26. The average molecular weight is 193 g/mol. The minimum atomic E-state index is 1.21. The number of hydrogen-bond donors (Lipinski definition) is 1. The Morgan fingerprint density at radius 2 is 1.60 bits per heavy atom. The number of H-pyrrole nitrogens is 1. The zero-order chi connectivity index (χ0) is 10.1. The number of hydrogen-bond acceptors (Lipinski definition) is 0. The van der Waals surface area contributed by atoms with Crippen LogP contribution in [0, 0.1) is 0 Å². The van der Waals surface area contributed by atoms with E-state index in [0.717, 1.165) is 0 Å². The molecule has 3 rings (SSSR count). The molecule has 2 aromatic carbocycles. The monoisotopic (exact) mass is 193 g/mol. The SMILES string of the molecule is c1ccc(-c2cccc3cc[nH]c23)cc1. The Morgan fingerprint density at radius 3 is 2.47 bits per heavy atom. The largest absolute Gasteiger partial charge is 0.361 e. The average Bonchev–Trinajstić information content (AvgIpc) is 2.78. The van der Waals surface area contributed by atoms with Crippen molar-refractivity contribution in [3.8, 4) is 11.1 Å². The van der Waals surface area contributed by atoms with E-state index in [-0.39, 0.29) is 0 Å². The second-order valence-corrected chi connectivity index (χ2v) is 3.61. The predicted octanol–water partition coefficient (Wildman–Crippen LogP) is 3.83. The lowest BCUT2D eigenvalue weighted by Gasteiger charge is -2.02. The van der Waals surface area contributed by atoms with Gasteiger partial charge in [-0.2, -0.15) is 0 Å². The minimum absolute atomic E-state index is 1.21. The van der Waals surface area contributed by atoms with Crippen molar-refractivity contribution in [2.45, 2.75) is 0 Å². The van der Waals surface area contributed by atoms with Gasteiger partial charge >= 0.3 is 0 Å². The Bertz CT molecular complexity index is 578. The molecule has 1 aromatic heterocycles. The zero-order valence-corrected chi connectivity index (χ0v) is 8.27. The molecule has 1 N–H and O–H groups in total. The minimum Gasteiger partial charge on any atom is -0.361 e. The highest BCUT2D eigenvalue weighted by Gasteiger charge is 2.02. The van der Waals surface area contributed by atoms with Gasteiger partial charge in [-0.25, -0.2) is 0 Å². The van der Waals surface area contributed by atoms with Crippen molar-refractivity contribution in [2.75, 3.05) is 0 Å². The molecule has 0 radical (unpaired) electrons. The van der Waals surface area contributed by atoms with E-state index in [1.165, 1.54) is 22.0 Å². The van der Waals surface area contributed by atoms with Crippen molar-refractivity contribution in [1.29, 1.82) is 0 Å². The standard InChI is InChI=1S/C14H11N/c1-2-5-11(6-3-1)13-8-4-7-12-9-10-15-14(12)13/h1-10,15H. The topological polar surface area (TPSA) is 15.8 Å². The fraction of sp³-hybridized carbons (Fsp3) is 0. The van der Waals surface area contributed by atoms with Crippen LogP contribution in [0.3, 0.4) is 0 Å². The predicted molar refractivity (Wildman–Crippen MR) is 63.7 cm³/mol. The summed E-state index contributed by atoms with van der Waals surface area (Å²) in [4.78, 5) is 3.29. The second-order valence-electron chi connectivity index (χ2n) is 3.61. The highest BCUT2D eigenvalue weighted by atomic mass is 14.7. The molecule has 0 spiro atoms. The molecule has 0 aliphatic rings. The van der Waals surface area contributed by atoms with Crippen LogP contribution in [0.4, 0.5) is 0 Å². The molecule has 0 atom stereocenters. The van der Waals surface area contributed by atoms with Crippen molar-refractivity contribution >= 4 is 10.9 Å². The number of aromatic nitrogens is 1. The number of rotatable bonds is 1. The van der Waals surface area contributed by atoms with Gasteiger partial charge in [0.25, 0.3) is 0 Å². The maximum Gasteiger partial charge on any atom is 0.0533 e. The van der Waals surface area contributed by atoms with E-state index in [0.29, 0.717) is 0 Å². The van der Waals surface area contributed by atoms with Crippen LogP contribution < -0.4 is 0 Å². The Kier molecular flexibility index (Phi) is 1.82. The first kappa shape index (κ1) is 8.30. The Morgan fingerprint density at radius 1 is 0.733 bits per heavy atom. The summed E-state index contributed by atoms with van der Waals surface area (Å²) in [6.45, 7) is 0. The smallest absolute Gasteiger partial charge is 0.0533 e. The van der Waals surface area contributed by atoms with Gasteiger partial charge in [0.15, 0.2) is 0 Å². The second kappa shape index (κ2) is 3.28. The van der Waals surface area contributed by atoms with Gasteiger partial charge in [-0.1, -0.05) is 48.5 Å². The highest BCUT2D eigenvalue weighted by molar-refractivity contribution is 5.93. The lowest BCUT2D eigenvalue weighted by Crippen LogP contribution is -1.78. The number of benzene rings is 2. The summed E-state index contributed by atoms with van der Waals surface area (Å²) < 4.78 is 0. The van der Waals surface area contributed by atoms with Crippen LogP contribution in [0.2, 0.25) is 0 Å². The molecule has 0 amide bonds. The summed E-state index contributed by atoms with van der Waals surface area (Å²) in [5.74, 6) is 0. The van der Waals surface area contributed by atoms with E-state index in [9.17, 15) is 0 Å². The lowest BCUT2D eigenvalue weighted by atomic mass is 10.0. The first-order chi connectivity index (χ1) is 7.45. The van der Waals surface area contributed by atoms with Crippen LogP contribution in [-0.4, -0.2) is 4.98 Å². The summed E-state index contributed by atoms with van der Waals surface area (Å²) in [7, 11) is 0. The summed E-state index contributed by atoms with van der Waals surface area (Å²) >= 11 is 0. The maximum atomic E-state index is 3.29. The van der Waals surface area contributed by atoms with Gasteiger partial charge in [0, 0.05) is 11.8 Å². The summed E-state index contributed by atoms with van der Waals surface area (Å²) in [6.07, 6.45) is 1.98. The summed E-state index contributed by atoms with van der Waals surface area (Å²) in [6, 6.07) is 18.9. The van der Waals surface area contributed by atoms with Gasteiger partial charge in [0.2, 0.25) is 0 Å². The first-order valence-electron chi connectivity index (χ1n) is 5.07. The quantitative estimate of drug-likeness (QED) is 0.604. The normalized spacial score (nSPS) is 10.7. The molecule has 0 aliphatic carbocycles. The Hall–Kier alpha value is -2.02. The lowest BCUT2D eigenvalue weighted by molar-refractivity contribution is 1.47. The van der Waals surface area contributed by atoms with E-state index in [4.69, 9.17) is 0 Å². The molecule has 0 aliphatic heterocycles. The Balaban J connectivity index is 2.31. The summed E-state index contributed by atoms with van der Waals surface area (Å²) in [5.41, 5.74) is 3.73. The molecule has 15 heavy (non-hydrogen) atoms. The molecule has 3 aromatic rings. The van der Waals surface area contributed by atoms with E-state index in [2.05, 4.69) is 53.5 Å².